The lowest BCUT2D eigenvalue weighted by molar-refractivity contribution is -0.167. The molecule has 0 saturated carbocycles. The van der Waals surface area contributed by atoms with Crippen LogP contribution in [-0.4, -0.2) is 87.9 Å². The number of methoxy groups -OCH3 is 1. The summed E-state index contributed by atoms with van der Waals surface area (Å²) in [7, 11) is 1.50. The number of carbonyl (C=O) groups excluding carboxylic acids is 1. The molecule has 0 spiro atoms. The van der Waals surface area contributed by atoms with Gasteiger partial charge in [-0.05, 0) is 25.0 Å². The summed E-state index contributed by atoms with van der Waals surface area (Å²) in [6.07, 6.45) is -2.41. The van der Waals surface area contributed by atoms with E-state index in [4.69, 9.17) is 14.2 Å². The van der Waals surface area contributed by atoms with Crippen molar-refractivity contribution in [3.05, 3.63) is 23.5 Å². The second kappa shape index (κ2) is 12.5. The van der Waals surface area contributed by atoms with Gasteiger partial charge in [0.25, 0.3) is 0 Å². The molecule has 0 aliphatic carbocycles. The van der Waals surface area contributed by atoms with Crippen molar-refractivity contribution in [2.45, 2.75) is 103 Å². The summed E-state index contributed by atoms with van der Waals surface area (Å²) < 4.78 is 17.2. The monoisotopic (exact) mass is 486 g/mol. The molecular formula is C25H42O9. The van der Waals surface area contributed by atoms with Gasteiger partial charge in [-0.25, -0.2) is 4.79 Å². The van der Waals surface area contributed by atoms with E-state index in [0.29, 0.717) is 17.8 Å². The summed E-state index contributed by atoms with van der Waals surface area (Å²) in [6, 6.07) is 0. The third-order valence-electron chi connectivity index (χ3n) is 7.04. The Balaban J connectivity index is 2.43. The molecule has 1 fully saturated rings. The third kappa shape index (κ3) is 7.26. The minimum atomic E-state index is -1.80. The van der Waals surface area contributed by atoms with Gasteiger partial charge in [0.05, 0.1) is 24.4 Å². The van der Waals surface area contributed by atoms with Gasteiger partial charge in [0.15, 0.2) is 6.10 Å². The van der Waals surface area contributed by atoms with E-state index in [1.807, 2.05) is 13.0 Å². The van der Waals surface area contributed by atoms with E-state index in [0.717, 1.165) is 0 Å². The van der Waals surface area contributed by atoms with Crippen LogP contribution in [0.3, 0.4) is 0 Å². The zero-order valence-electron chi connectivity index (χ0n) is 20.9. The van der Waals surface area contributed by atoms with Gasteiger partial charge in [-0.15, -0.1) is 0 Å². The average molecular weight is 487 g/mol. The predicted octanol–water partition coefficient (Wildman–Crippen LogP) is 1.20. The van der Waals surface area contributed by atoms with Crippen LogP contribution in [0.5, 0.6) is 0 Å². The van der Waals surface area contributed by atoms with E-state index in [1.54, 1.807) is 26.8 Å². The van der Waals surface area contributed by atoms with E-state index in [2.05, 4.69) is 0 Å². The fourth-order valence-corrected chi connectivity index (χ4v) is 4.40. The summed E-state index contributed by atoms with van der Waals surface area (Å²) in [5.41, 5.74) is -0.185. The largest absolute Gasteiger partial charge is 0.494 e. The molecule has 5 N–H and O–H groups in total. The van der Waals surface area contributed by atoms with Crippen LogP contribution in [0.4, 0.5) is 0 Å². The smallest absolute Gasteiger partial charge is 0.338 e. The summed E-state index contributed by atoms with van der Waals surface area (Å²) >= 11 is 0. The highest BCUT2D eigenvalue weighted by Gasteiger charge is 2.41. The Morgan fingerprint density at radius 2 is 1.85 bits per heavy atom. The summed E-state index contributed by atoms with van der Waals surface area (Å²) in [6.45, 7) is 7.26. The molecule has 0 aromatic rings. The number of carbonyl (C=O) groups is 1. The maximum atomic E-state index is 12.7. The molecule has 0 aromatic carbocycles. The van der Waals surface area contributed by atoms with Crippen molar-refractivity contribution in [1.82, 2.24) is 0 Å². The quantitative estimate of drug-likeness (QED) is 0.286. The summed E-state index contributed by atoms with van der Waals surface area (Å²) in [4.78, 5) is 12.7. The number of esters is 1. The Labute approximate surface area is 202 Å². The van der Waals surface area contributed by atoms with Gasteiger partial charge in [-0.3, -0.25) is 0 Å². The molecule has 9 heteroatoms. The molecule has 196 valence electrons. The normalized spacial score (nSPS) is 36.5. The first-order valence-electron chi connectivity index (χ1n) is 12.1. The number of cyclic esters (lactones) is 1. The van der Waals surface area contributed by atoms with Crippen LogP contribution in [0, 0.1) is 11.3 Å². The Bertz CT molecular complexity index is 728. The molecule has 0 radical (unpaired) electrons. The lowest BCUT2D eigenvalue weighted by Gasteiger charge is -2.40. The zero-order chi connectivity index (χ0) is 25.6. The molecule has 34 heavy (non-hydrogen) atoms. The number of aliphatic hydroxyl groups is 5. The van der Waals surface area contributed by atoms with Gasteiger partial charge in [0.1, 0.15) is 18.0 Å². The van der Waals surface area contributed by atoms with Crippen LogP contribution in [0.15, 0.2) is 23.5 Å². The number of fused-ring (bicyclic) bond motifs is 2. The number of aliphatic hydroxyl groups excluding tert-OH is 5. The highest BCUT2D eigenvalue weighted by Crippen LogP contribution is 2.39. The van der Waals surface area contributed by atoms with Crippen LogP contribution in [0.25, 0.3) is 0 Å². The van der Waals surface area contributed by atoms with Crippen LogP contribution in [0.2, 0.25) is 0 Å². The fraction of sp³-hybridized carbons (Fsp3) is 0.800. The van der Waals surface area contributed by atoms with Crippen LogP contribution < -0.4 is 0 Å². The molecule has 2 rings (SSSR count). The third-order valence-corrected chi connectivity index (χ3v) is 7.04. The SMILES string of the molecule is CC[C@H](/C=C(\C)C1C[C@@H](OC)C[C@H](O)C(C)(C)C2=C[C@H](O)C[C@H](C[C@@H](O)[C@H](O)C(=O)O1)O2)CO. The van der Waals surface area contributed by atoms with E-state index < -0.39 is 54.1 Å². The van der Waals surface area contributed by atoms with E-state index in [-0.39, 0.29) is 38.2 Å². The average Bonchev–Trinajstić information content (AvgIpc) is 2.79. The van der Waals surface area contributed by atoms with Crippen molar-refractivity contribution < 1.29 is 44.5 Å². The van der Waals surface area contributed by atoms with Crippen molar-refractivity contribution in [3.8, 4) is 0 Å². The van der Waals surface area contributed by atoms with Gasteiger partial charge >= 0.3 is 5.97 Å². The molecule has 1 unspecified atom stereocenters. The van der Waals surface area contributed by atoms with Gasteiger partial charge < -0.3 is 39.7 Å². The number of ether oxygens (including phenoxy) is 3. The summed E-state index contributed by atoms with van der Waals surface area (Å²) in [5, 5.41) is 52.0. The van der Waals surface area contributed by atoms with Crippen LogP contribution >= 0.6 is 0 Å². The maximum Gasteiger partial charge on any atom is 0.338 e. The molecule has 0 aromatic heterocycles. The van der Waals surface area contributed by atoms with Crippen molar-refractivity contribution in [3.63, 3.8) is 0 Å². The Morgan fingerprint density at radius 1 is 1.18 bits per heavy atom. The van der Waals surface area contributed by atoms with E-state index in [1.165, 1.54) is 7.11 Å². The van der Waals surface area contributed by atoms with E-state index >= 15 is 0 Å². The highest BCUT2D eigenvalue weighted by atomic mass is 16.6. The minimum absolute atomic E-state index is 0.0567. The Morgan fingerprint density at radius 3 is 2.44 bits per heavy atom. The first-order chi connectivity index (χ1) is 15.9. The van der Waals surface area contributed by atoms with Crippen molar-refractivity contribution >= 4 is 5.97 Å². The lowest BCUT2D eigenvalue weighted by Crippen LogP contribution is -2.44. The van der Waals surface area contributed by atoms with Gasteiger partial charge in [0, 0.05) is 50.7 Å². The van der Waals surface area contributed by atoms with Crippen molar-refractivity contribution in [2.75, 3.05) is 13.7 Å². The second-order valence-electron chi connectivity index (χ2n) is 10.1. The van der Waals surface area contributed by atoms with Crippen LogP contribution in [0.1, 0.15) is 59.8 Å². The van der Waals surface area contributed by atoms with Gasteiger partial charge in [0.2, 0.25) is 0 Å². The first-order valence-corrected chi connectivity index (χ1v) is 12.1. The molecule has 2 bridgehead atoms. The fourth-order valence-electron chi connectivity index (χ4n) is 4.40. The molecule has 2 aliphatic rings. The zero-order valence-corrected chi connectivity index (χ0v) is 20.9. The number of rotatable bonds is 5. The van der Waals surface area contributed by atoms with E-state index in [9.17, 15) is 30.3 Å². The molecule has 1 saturated heterocycles. The lowest BCUT2D eigenvalue weighted by atomic mass is 9.79. The molecular weight excluding hydrogens is 444 g/mol. The standard InChI is InChI=1S/C25H42O9/c1-6-15(13-26)7-14(2)20-11-17(32-5)12-21(29)25(3,4)22-9-16(27)8-18(33-22)10-19(28)23(30)24(31)34-20/h7,9,15-21,23,26-30H,6,8,10-13H2,1-5H3/b14-7+/t15-,16-,17-,18-,19-,20?,21+,23+/m1/s1. The molecule has 2 aliphatic heterocycles. The molecule has 0 amide bonds. The van der Waals surface area contributed by atoms with Crippen molar-refractivity contribution in [1.29, 1.82) is 0 Å². The first kappa shape index (κ1) is 28.7. The topological polar surface area (TPSA) is 146 Å². The van der Waals surface area contributed by atoms with Crippen LogP contribution in [-0.2, 0) is 19.0 Å². The minimum Gasteiger partial charge on any atom is -0.494 e. The number of hydrogen-bond acceptors (Lipinski definition) is 9. The van der Waals surface area contributed by atoms with Gasteiger partial charge in [-0.1, -0.05) is 26.8 Å². The maximum absolute atomic E-state index is 12.7. The summed E-state index contributed by atoms with van der Waals surface area (Å²) in [5.74, 6) is -0.716. The van der Waals surface area contributed by atoms with Gasteiger partial charge in [-0.2, -0.15) is 0 Å². The Kier molecular flexibility index (Phi) is 10.5. The second-order valence-corrected chi connectivity index (χ2v) is 10.1. The Hall–Kier alpha value is -1.49. The highest BCUT2D eigenvalue weighted by molar-refractivity contribution is 5.75. The molecule has 2 heterocycles. The predicted molar refractivity (Wildman–Crippen MR) is 125 cm³/mol. The molecule has 8 atom stereocenters. The van der Waals surface area contributed by atoms with Crippen molar-refractivity contribution in [2.24, 2.45) is 11.3 Å². The molecule has 9 nitrogen and oxygen atoms in total. The number of hydrogen-bond donors (Lipinski definition) is 5.